The molecule has 0 radical (unpaired) electrons. The minimum atomic E-state index is 0.542. The third-order valence-corrected chi connectivity index (χ3v) is 2.47. The van der Waals surface area contributed by atoms with Crippen molar-refractivity contribution < 1.29 is 28.4 Å². The van der Waals surface area contributed by atoms with Crippen LogP contribution < -0.4 is 5.73 Å². The summed E-state index contributed by atoms with van der Waals surface area (Å²) < 4.78 is 31.9. The van der Waals surface area contributed by atoms with E-state index in [1.807, 2.05) is 0 Å². The fourth-order valence-corrected chi connectivity index (χ4v) is 1.43. The quantitative estimate of drug-likeness (QED) is 0.346. The molecule has 0 unspecified atom stereocenters. The van der Waals surface area contributed by atoms with Crippen LogP contribution in [0.3, 0.4) is 0 Å². The Morgan fingerprint density at radius 2 is 0.727 bits per heavy atom. The predicted molar refractivity (Wildman–Crippen MR) is 84.3 cm³/mol. The summed E-state index contributed by atoms with van der Waals surface area (Å²) >= 11 is 0. The van der Waals surface area contributed by atoms with Gasteiger partial charge in [0.15, 0.2) is 0 Å². The lowest BCUT2D eigenvalue weighted by Crippen LogP contribution is -2.15. The molecule has 22 heavy (non-hydrogen) atoms. The van der Waals surface area contributed by atoms with Crippen molar-refractivity contribution in [3.05, 3.63) is 0 Å². The van der Waals surface area contributed by atoms with E-state index in [1.54, 1.807) is 0 Å². The van der Waals surface area contributed by atoms with E-state index in [-0.39, 0.29) is 0 Å². The fourth-order valence-electron chi connectivity index (χ4n) is 1.43. The maximum atomic E-state index is 5.37. The van der Waals surface area contributed by atoms with Crippen LogP contribution in [-0.2, 0) is 28.4 Å². The van der Waals surface area contributed by atoms with Crippen LogP contribution in [0.5, 0.6) is 0 Å². The zero-order valence-electron chi connectivity index (χ0n) is 13.9. The van der Waals surface area contributed by atoms with Crippen molar-refractivity contribution in [2.24, 2.45) is 5.73 Å². The molecular formula is C15H33NO6. The zero-order chi connectivity index (χ0) is 16.1. The second-order valence-corrected chi connectivity index (χ2v) is 4.46. The first-order valence-corrected chi connectivity index (χ1v) is 8.08. The van der Waals surface area contributed by atoms with Gasteiger partial charge in [0.2, 0.25) is 0 Å². The second-order valence-electron chi connectivity index (χ2n) is 4.46. The zero-order valence-corrected chi connectivity index (χ0v) is 13.9. The number of hydrogen-bond acceptors (Lipinski definition) is 7. The molecule has 0 aromatic rings. The summed E-state index contributed by atoms with van der Waals surface area (Å²) in [5, 5.41) is 0. The van der Waals surface area contributed by atoms with Gasteiger partial charge in [0, 0.05) is 13.2 Å². The van der Waals surface area contributed by atoms with Gasteiger partial charge in [-0.25, -0.2) is 0 Å². The SMILES string of the molecule is CCCOCCOCCOCCOCCOCCOCCN. The van der Waals surface area contributed by atoms with Gasteiger partial charge in [0.1, 0.15) is 0 Å². The largest absolute Gasteiger partial charge is 0.379 e. The Bertz CT molecular complexity index is 177. The molecule has 0 aliphatic rings. The average Bonchev–Trinajstić information content (AvgIpc) is 2.54. The molecule has 0 aromatic heterocycles. The molecule has 0 aliphatic carbocycles. The first kappa shape index (κ1) is 21.7. The van der Waals surface area contributed by atoms with E-state index in [4.69, 9.17) is 34.2 Å². The van der Waals surface area contributed by atoms with Crippen LogP contribution in [0, 0.1) is 0 Å². The molecule has 0 atom stereocenters. The van der Waals surface area contributed by atoms with E-state index in [2.05, 4.69) is 6.92 Å². The van der Waals surface area contributed by atoms with Crippen LogP contribution in [0.1, 0.15) is 13.3 Å². The van der Waals surface area contributed by atoms with Crippen molar-refractivity contribution in [3.63, 3.8) is 0 Å². The van der Waals surface area contributed by atoms with Crippen molar-refractivity contribution in [1.29, 1.82) is 0 Å². The normalized spacial score (nSPS) is 11.2. The van der Waals surface area contributed by atoms with Crippen molar-refractivity contribution in [1.82, 2.24) is 0 Å². The van der Waals surface area contributed by atoms with Crippen molar-refractivity contribution in [2.75, 3.05) is 85.8 Å². The van der Waals surface area contributed by atoms with Gasteiger partial charge < -0.3 is 34.2 Å². The molecule has 0 heterocycles. The first-order chi connectivity index (χ1) is 10.9. The van der Waals surface area contributed by atoms with E-state index in [9.17, 15) is 0 Å². The van der Waals surface area contributed by atoms with Crippen LogP contribution in [0.15, 0.2) is 0 Å². The smallest absolute Gasteiger partial charge is 0.0701 e. The van der Waals surface area contributed by atoms with Crippen molar-refractivity contribution >= 4 is 0 Å². The molecule has 7 heteroatoms. The number of nitrogens with two attached hydrogens (primary N) is 1. The van der Waals surface area contributed by atoms with Crippen LogP contribution in [0.2, 0.25) is 0 Å². The summed E-state index contributed by atoms with van der Waals surface area (Å²) in [5.74, 6) is 0. The minimum Gasteiger partial charge on any atom is -0.379 e. The molecule has 2 N–H and O–H groups in total. The van der Waals surface area contributed by atoms with Gasteiger partial charge in [-0.15, -0.1) is 0 Å². The molecule has 7 nitrogen and oxygen atoms in total. The van der Waals surface area contributed by atoms with E-state index >= 15 is 0 Å². The summed E-state index contributed by atoms with van der Waals surface area (Å²) in [6.07, 6.45) is 1.04. The van der Waals surface area contributed by atoms with Gasteiger partial charge >= 0.3 is 0 Å². The highest BCUT2D eigenvalue weighted by atomic mass is 16.6. The van der Waals surface area contributed by atoms with Crippen LogP contribution in [0.4, 0.5) is 0 Å². The Labute approximate surface area is 134 Å². The standard InChI is InChI=1S/C15H33NO6/c1-2-4-17-6-8-19-10-12-21-14-15-22-13-11-20-9-7-18-5-3-16/h2-16H2,1H3. The summed E-state index contributed by atoms with van der Waals surface area (Å²) in [6, 6.07) is 0. The van der Waals surface area contributed by atoms with Gasteiger partial charge in [-0.3, -0.25) is 0 Å². The molecular weight excluding hydrogens is 290 g/mol. The Balaban J connectivity index is 2.91. The number of rotatable bonds is 19. The third kappa shape index (κ3) is 19.7. The molecule has 0 amide bonds. The van der Waals surface area contributed by atoms with Crippen molar-refractivity contribution in [2.45, 2.75) is 13.3 Å². The monoisotopic (exact) mass is 323 g/mol. The molecule has 0 rings (SSSR count). The number of ether oxygens (including phenoxy) is 6. The van der Waals surface area contributed by atoms with Gasteiger partial charge in [-0.2, -0.15) is 0 Å². The van der Waals surface area contributed by atoms with Crippen LogP contribution in [-0.4, -0.2) is 85.8 Å². The lowest BCUT2D eigenvalue weighted by atomic mass is 10.5. The van der Waals surface area contributed by atoms with Crippen LogP contribution in [0.25, 0.3) is 0 Å². The fraction of sp³-hybridized carbons (Fsp3) is 1.00. The Morgan fingerprint density at radius 1 is 0.455 bits per heavy atom. The second kappa shape index (κ2) is 20.7. The highest BCUT2D eigenvalue weighted by Crippen LogP contribution is 1.85. The maximum Gasteiger partial charge on any atom is 0.0701 e. The molecule has 0 saturated carbocycles. The van der Waals surface area contributed by atoms with E-state index in [0.717, 1.165) is 13.0 Å². The highest BCUT2D eigenvalue weighted by Gasteiger charge is 1.93. The van der Waals surface area contributed by atoms with Crippen LogP contribution >= 0.6 is 0 Å². The summed E-state index contributed by atoms with van der Waals surface area (Å²) in [4.78, 5) is 0. The van der Waals surface area contributed by atoms with E-state index < -0.39 is 0 Å². The number of hydrogen-bond donors (Lipinski definition) is 1. The first-order valence-electron chi connectivity index (χ1n) is 8.08. The maximum absolute atomic E-state index is 5.37. The minimum absolute atomic E-state index is 0.542. The Hall–Kier alpha value is -0.280. The van der Waals surface area contributed by atoms with E-state index in [0.29, 0.717) is 79.2 Å². The molecule has 0 bridgehead atoms. The molecule has 0 saturated heterocycles. The molecule has 0 aromatic carbocycles. The van der Waals surface area contributed by atoms with Gasteiger partial charge in [-0.05, 0) is 6.42 Å². The third-order valence-electron chi connectivity index (χ3n) is 2.47. The molecule has 0 spiro atoms. The highest BCUT2D eigenvalue weighted by molar-refractivity contribution is 4.37. The van der Waals surface area contributed by atoms with Crippen molar-refractivity contribution in [3.8, 4) is 0 Å². The molecule has 0 aliphatic heterocycles. The summed E-state index contributed by atoms with van der Waals surface area (Å²) in [6.45, 7) is 9.81. The molecule has 134 valence electrons. The van der Waals surface area contributed by atoms with Gasteiger partial charge in [-0.1, -0.05) is 6.92 Å². The topological polar surface area (TPSA) is 81.4 Å². The van der Waals surface area contributed by atoms with Gasteiger partial charge in [0.25, 0.3) is 0 Å². The summed E-state index contributed by atoms with van der Waals surface area (Å²) in [7, 11) is 0. The lowest BCUT2D eigenvalue weighted by Gasteiger charge is -2.08. The predicted octanol–water partition coefficient (Wildman–Crippen LogP) is 0.455. The lowest BCUT2D eigenvalue weighted by molar-refractivity contribution is -0.0163. The van der Waals surface area contributed by atoms with E-state index in [1.165, 1.54) is 0 Å². The Kier molecular flexibility index (Phi) is 20.5. The average molecular weight is 323 g/mol. The van der Waals surface area contributed by atoms with Gasteiger partial charge in [0.05, 0.1) is 72.7 Å². The summed E-state index contributed by atoms with van der Waals surface area (Å²) in [5.41, 5.74) is 5.29. The Morgan fingerprint density at radius 3 is 1.00 bits per heavy atom. The molecule has 0 fully saturated rings.